The molecule has 116 valence electrons. The summed E-state index contributed by atoms with van der Waals surface area (Å²) in [5.74, 6) is 0.742. The smallest absolute Gasteiger partial charge is 0.211 e. The topological polar surface area (TPSA) is 54.5 Å². The fourth-order valence-corrected chi connectivity index (χ4v) is 4.79. The Morgan fingerprint density at radius 2 is 1.95 bits per heavy atom. The molecule has 20 heavy (non-hydrogen) atoms. The van der Waals surface area contributed by atoms with Crippen molar-refractivity contribution in [3.8, 4) is 0 Å². The lowest BCUT2D eigenvalue weighted by atomic mass is 9.77. The molecule has 0 aromatic heterocycles. The molecule has 1 aliphatic carbocycles. The molecule has 4 nitrogen and oxygen atoms in total. The van der Waals surface area contributed by atoms with E-state index in [2.05, 4.69) is 13.8 Å². The van der Waals surface area contributed by atoms with Crippen molar-refractivity contribution >= 4 is 15.8 Å². The van der Waals surface area contributed by atoms with Crippen LogP contribution in [0, 0.1) is 17.3 Å². The Labute approximate surface area is 123 Å². The van der Waals surface area contributed by atoms with Crippen LogP contribution in [0.3, 0.4) is 0 Å². The molecule has 0 amide bonds. The number of nitrogens with zero attached hydrogens (tertiary/aromatic N) is 1. The molecular formula is C15H27NO3S. The van der Waals surface area contributed by atoms with E-state index in [1.165, 1.54) is 10.6 Å². The van der Waals surface area contributed by atoms with Gasteiger partial charge in [0, 0.05) is 25.4 Å². The summed E-state index contributed by atoms with van der Waals surface area (Å²) in [6.45, 7) is 5.51. The van der Waals surface area contributed by atoms with Crippen LogP contribution in [0.1, 0.15) is 52.4 Å². The molecule has 0 N–H and O–H groups in total. The second-order valence-corrected chi connectivity index (χ2v) is 9.22. The molecule has 2 atom stereocenters. The Balaban J connectivity index is 1.95. The first-order valence-corrected chi connectivity index (χ1v) is 9.53. The van der Waals surface area contributed by atoms with Gasteiger partial charge in [-0.05, 0) is 37.0 Å². The maximum Gasteiger partial charge on any atom is 0.211 e. The number of ketones is 1. The maximum absolute atomic E-state index is 12.5. The number of rotatable bonds is 4. The minimum Gasteiger partial charge on any atom is -0.299 e. The third kappa shape index (κ3) is 3.61. The van der Waals surface area contributed by atoms with Crippen LogP contribution in [0.15, 0.2) is 0 Å². The second-order valence-electron chi connectivity index (χ2n) is 7.23. The molecule has 0 bridgehead atoms. The first kappa shape index (κ1) is 16.0. The first-order chi connectivity index (χ1) is 9.20. The van der Waals surface area contributed by atoms with Crippen LogP contribution >= 0.6 is 0 Å². The molecule has 0 spiro atoms. The van der Waals surface area contributed by atoms with E-state index < -0.39 is 10.0 Å². The van der Waals surface area contributed by atoms with Crippen LogP contribution in [-0.2, 0) is 14.8 Å². The van der Waals surface area contributed by atoms with Crippen molar-refractivity contribution in [2.45, 2.75) is 52.4 Å². The van der Waals surface area contributed by atoms with E-state index in [4.69, 9.17) is 0 Å². The Morgan fingerprint density at radius 3 is 2.50 bits per heavy atom. The zero-order chi connectivity index (χ0) is 15.0. The number of carbonyl (C=O) groups is 1. The van der Waals surface area contributed by atoms with Crippen molar-refractivity contribution < 1.29 is 13.2 Å². The molecule has 2 aliphatic rings. The Morgan fingerprint density at radius 1 is 1.25 bits per heavy atom. The van der Waals surface area contributed by atoms with Gasteiger partial charge < -0.3 is 0 Å². The molecular weight excluding hydrogens is 274 g/mol. The summed E-state index contributed by atoms with van der Waals surface area (Å²) in [5, 5.41) is 0. The zero-order valence-corrected chi connectivity index (χ0v) is 13.7. The number of sulfonamides is 1. The summed E-state index contributed by atoms with van der Waals surface area (Å²) in [4.78, 5) is 12.5. The highest BCUT2D eigenvalue weighted by Crippen LogP contribution is 2.44. The predicted molar refractivity (Wildman–Crippen MR) is 79.9 cm³/mol. The third-order valence-electron chi connectivity index (χ3n) is 5.09. The largest absolute Gasteiger partial charge is 0.299 e. The average molecular weight is 301 g/mol. The van der Waals surface area contributed by atoms with Crippen molar-refractivity contribution in [2.75, 3.05) is 19.3 Å². The Kier molecular flexibility index (Phi) is 4.59. The predicted octanol–water partition coefficient (Wildman–Crippen LogP) is 2.44. The standard InChI is InChI=1S/C15H27NO3S/c1-15(2)8-4-7-13(15)14(17)10-12-6-5-9-16(11-12)20(3,18)19/h12-13H,4-11H2,1-3H3. The summed E-state index contributed by atoms with van der Waals surface area (Å²) >= 11 is 0. The van der Waals surface area contributed by atoms with Crippen LogP contribution in [0.2, 0.25) is 0 Å². The minimum atomic E-state index is -3.11. The van der Waals surface area contributed by atoms with E-state index in [0.717, 1.165) is 32.1 Å². The van der Waals surface area contributed by atoms with Crippen LogP contribution in [0.5, 0.6) is 0 Å². The van der Waals surface area contributed by atoms with Gasteiger partial charge in [0.2, 0.25) is 10.0 Å². The summed E-state index contributed by atoms with van der Waals surface area (Å²) in [7, 11) is -3.11. The molecule has 1 saturated heterocycles. The van der Waals surface area contributed by atoms with Crippen LogP contribution in [-0.4, -0.2) is 37.9 Å². The lowest BCUT2D eigenvalue weighted by Gasteiger charge is -2.32. The number of hydrogen-bond donors (Lipinski definition) is 0. The number of carbonyl (C=O) groups excluding carboxylic acids is 1. The van der Waals surface area contributed by atoms with Crippen molar-refractivity contribution in [1.82, 2.24) is 4.31 Å². The fourth-order valence-electron chi connectivity index (χ4n) is 3.85. The highest BCUT2D eigenvalue weighted by atomic mass is 32.2. The molecule has 0 radical (unpaired) electrons. The van der Waals surface area contributed by atoms with Gasteiger partial charge in [0.1, 0.15) is 5.78 Å². The summed E-state index contributed by atoms with van der Waals surface area (Å²) in [5.41, 5.74) is 0.127. The van der Waals surface area contributed by atoms with Crippen molar-refractivity contribution in [3.63, 3.8) is 0 Å². The Bertz CT molecular complexity index is 470. The molecule has 1 heterocycles. The number of hydrogen-bond acceptors (Lipinski definition) is 3. The number of piperidine rings is 1. The van der Waals surface area contributed by atoms with Crippen LogP contribution in [0.4, 0.5) is 0 Å². The van der Waals surface area contributed by atoms with E-state index >= 15 is 0 Å². The third-order valence-corrected chi connectivity index (χ3v) is 6.36. The summed E-state index contributed by atoms with van der Waals surface area (Å²) in [6.07, 6.45) is 6.95. The van der Waals surface area contributed by atoms with Gasteiger partial charge in [-0.15, -0.1) is 0 Å². The van der Waals surface area contributed by atoms with E-state index in [1.54, 1.807) is 0 Å². The van der Waals surface area contributed by atoms with Crippen molar-refractivity contribution in [2.24, 2.45) is 17.3 Å². The minimum absolute atomic E-state index is 0.127. The van der Waals surface area contributed by atoms with E-state index in [9.17, 15) is 13.2 Å². The van der Waals surface area contributed by atoms with Crippen LogP contribution in [0.25, 0.3) is 0 Å². The number of Topliss-reactive ketones (excluding diaryl/α,β-unsaturated/α-hetero) is 1. The van der Waals surface area contributed by atoms with Gasteiger partial charge in [-0.3, -0.25) is 4.79 Å². The van der Waals surface area contributed by atoms with Crippen molar-refractivity contribution in [3.05, 3.63) is 0 Å². The SMILES string of the molecule is CC1(C)CCCC1C(=O)CC1CCCN(S(C)(=O)=O)C1. The van der Waals surface area contributed by atoms with E-state index in [0.29, 0.717) is 25.3 Å². The van der Waals surface area contributed by atoms with Gasteiger partial charge in [0.05, 0.1) is 6.26 Å². The van der Waals surface area contributed by atoms with Gasteiger partial charge in [-0.2, -0.15) is 0 Å². The normalized spacial score (nSPS) is 31.4. The van der Waals surface area contributed by atoms with Gasteiger partial charge >= 0.3 is 0 Å². The molecule has 2 fully saturated rings. The molecule has 1 aliphatic heterocycles. The van der Waals surface area contributed by atoms with E-state index in [-0.39, 0.29) is 17.3 Å². The second kappa shape index (κ2) is 5.76. The molecule has 1 saturated carbocycles. The van der Waals surface area contributed by atoms with Gasteiger partial charge in [-0.1, -0.05) is 20.3 Å². The first-order valence-electron chi connectivity index (χ1n) is 7.68. The zero-order valence-electron chi connectivity index (χ0n) is 12.9. The fraction of sp³-hybridized carbons (Fsp3) is 0.933. The lowest BCUT2D eigenvalue weighted by molar-refractivity contribution is -0.126. The van der Waals surface area contributed by atoms with Gasteiger partial charge in [0.25, 0.3) is 0 Å². The van der Waals surface area contributed by atoms with Crippen molar-refractivity contribution in [1.29, 1.82) is 0 Å². The molecule has 0 aromatic rings. The molecule has 2 unspecified atom stereocenters. The van der Waals surface area contributed by atoms with Crippen LogP contribution < -0.4 is 0 Å². The van der Waals surface area contributed by atoms with E-state index in [1.807, 2.05) is 0 Å². The monoisotopic (exact) mass is 301 g/mol. The summed E-state index contributed by atoms with van der Waals surface area (Å²) in [6, 6.07) is 0. The lowest BCUT2D eigenvalue weighted by Crippen LogP contribution is -2.40. The molecule has 2 rings (SSSR count). The average Bonchev–Trinajstić information content (AvgIpc) is 2.68. The molecule has 5 heteroatoms. The highest BCUT2D eigenvalue weighted by Gasteiger charge is 2.40. The highest BCUT2D eigenvalue weighted by molar-refractivity contribution is 7.88. The Hall–Kier alpha value is -0.420. The molecule has 0 aromatic carbocycles. The quantitative estimate of drug-likeness (QED) is 0.801. The van der Waals surface area contributed by atoms with Gasteiger partial charge in [0.15, 0.2) is 0 Å². The maximum atomic E-state index is 12.5. The van der Waals surface area contributed by atoms with Gasteiger partial charge in [-0.25, -0.2) is 12.7 Å². The summed E-state index contributed by atoms with van der Waals surface area (Å²) < 4.78 is 24.8.